The van der Waals surface area contributed by atoms with Crippen LogP contribution in [0, 0.1) is 0 Å². The van der Waals surface area contributed by atoms with Gasteiger partial charge in [0, 0.05) is 12.0 Å². The Morgan fingerprint density at radius 3 is 2.68 bits per heavy atom. The van der Waals surface area contributed by atoms with Gasteiger partial charge < -0.3 is 11.1 Å². The summed E-state index contributed by atoms with van der Waals surface area (Å²) in [5, 5.41) is 9.30. The number of carbonyl (C=O) groups is 1. The van der Waals surface area contributed by atoms with E-state index in [2.05, 4.69) is 27.6 Å². The van der Waals surface area contributed by atoms with Gasteiger partial charge in [-0.2, -0.15) is 5.10 Å². The number of aromatic nitrogens is 2. The zero-order valence-corrected chi connectivity index (χ0v) is 10.5. The highest BCUT2D eigenvalue weighted by molar-refractivity contribution is 5.97. The minimum atomic E-state index is -0.197. The molecule has 0 aliphatic heterocycles. The average molecular weight is 256 g/mol. The van der Waals surface area contributed by atoms with E-state index in [1.165, 1.54) is 11.8 Å². The Balaban J connectivity index is 1.67. The van der Waals surface area contributed by atoms with Crippen LogP contribution in [0.25, 0.3) is 0 Å². The molecule has 3 rings (SSSR count). The van der Waals surface area contributed by atoms with Crippen LogP contribution in [0.15, 0.2) is 36.5 Å². The smallest absolute Gasteiger partial charge is 0.271 e. The van der Waals surface area contributed by atoms with Crippen molar-refractivity contribution in [3.05, 3.63) is 47.8 Å². The van der Waals surface area contributed by atoms with Gasteiger partial charge >= 0.3 is 0 Å². The van der Waals surface area contributed by atoms with Gasteiger partial charge in [0.25, 0.3) is 5.91 Å². The highest BCUT2D eigenvalue weighted by Gasteiger charge is 2.44. The average Bonchev–Trinajstić information content (AvgIpc) is 3.12. The number of rotatable bonds is 4. The standard InChI is InChI=1S/C14H16N4O/c15-11-8-17-18-12(11)13(19)16-9-14(6-7-14)10-4-2-1-3-5-10/h1-5,8H,6-7,9,15H2,(H,16,19)(H,17,18). The van der Waals surface area contributed by atoms with E-state index in [-0.39, 0.29) is 11.3 Å². The number of hydrogen-bond donors (Lipinski definition) is 3. The van der Waals surface area contributed by atoms with Gasteiger partial charge in [0.05, 0.1) is 11.9 Å². The molecule has 0 spiro atoms. The number of hydrogen-bond acceptors (Lipinski definition) is 3. The van der Waals surface area contributed by atoms with Gasteiger partial charge in [-0.3, -0.25) is 9.89 Å². The molecule has 1 fully saturated rings. The summed E-state index contributed by atoms with van der Waals surface area (Å²) in [7, 11) is 0. The Kier molecular flexibility index (Phi) is 2.74. The van der Waals surface area contributed by atoms with E-state index in [1.54, 1.807) is 0 Å². The monoisotopic (exact) mass is 256 g/mol. The lowest BCUT2D eigenvalue weighted by molar-refractivity contribution is 0.0945. The van der Waals surface area contributed by atoms with E-state index >= 15 is 0 Å². The molecular weight excluding hydrogens is 240 g/mol. The third kappa shape index (κ3) is 2.19. The Morgan fingerprint density at radius 1 is 1.37 bits per heavy atom. The van der Waals surface area contributed by atoms with Crippen molar-refractivity contribution >= 4 is 11.6 Å². The van der Waals surface area contributed by atoms with Crippen molar-refractivity contribution in [3.8, 4) is 0 Å². The zero-order valence-electron chi connectivity index (χ0n) is 10.5. The number of carbonyl (C=O) groups excluding carboxylic acids is 1. The van der Waals surface area contributed by atoms with E-state index < -0.39 is 0 Å². The first-order valence-electron chi connectivity index (χ1n) is 6.34. The van der Waals surface area contributed by atoms with E-state index in [4.69, 9.17) is 5.73 Å². The minimum Gasteiger partial charge on any atom is -0.396 e. The molecule has 98 valence electrons. The molecule has 0 saturated heterocycles. The summed E-state index contributed by atoms with van der Waals surface area (Å²) in [6, 6.07) is 10.3. The van der Waals surface area contributed by atoms with Crippen LogP contribution in [0.4, 0.5) is 5.69 Å². The maximum absolute atomic E-state index is 12.0. The highest BCUT2D eigenvalue weighted by Crippen LogP contribution is 2.47. The Morgan fingerprint density at radius 2 is 2.11 bits per heavy atom. The van der Waals surface area contributed by atoms with Crippen LogP contribution in [-0.4, -0.2) is 22.6 Å². The van der Waals surface area contributed by atoms with E-state index in [9.17, 15) is 4.79 Å². The normalized spacial score (nSPS) is 16.0. The fraction of sp³-hybridized carbons (Fsp3) is 0.286. The predicted molar refractivity (Wildman–Crippen MR) is 72.7 cm³/mol. The third-order valence-corrected chi connectivity index (χ3v) is 3.72. The third-order valence-electron chi connectivity index (χ3n) is 3.72. The van der Waals surface area contributed by atoms with Gasteiger partial charge in [-0.1, -0.05) is 30.3 Å². The molecule has 19 heavy (non-hydrogen) atoms. The fourth-order valence-corrected chi connectivity index (χ4v) is 2.33. The van der Waals surface area contributed by atoms with E-state index in [1.807, 2.05) is 18.2 Å². The van der Waals surface area contributed by atoms with Gasteiger partial charge in [0.1, 0.15) is 5.69 Å². The first kappa shape index (κ1) is 11.8. The first-order valence-corrected chi connectivity index (χ1v) is 6.34. The first-order chi connectivity index (χ1) is 9.21. The number of nitrogen functional groups attached to an aromatic ring is 1. The molecule has 1 aliphatic rings. The lowest BCUT2D eigenvalue weighted by Gasteiger charge is -2.16. The molecular formula is C14H16N4O. The molecule has 1 saturated carbocycles. The Bertz CT molecular complexity index is 587. The molecule has 1 aromatic heterocycles. The largest absolute Gasteiger partial charge is 0.396 e. The molecule has 1 aliphatic carbocycles. The van der Waals surface area contributed by atoms with Crippen molar-refractivity contribution in [2.24, 2.45) is 0 Å². The SMILES string of the molecule is Nc1cn[nH]c1C(=O)NCC1(c2ccccc2)CC1. The van der Waals surface area contributed by atoms with Crippen LogP contribution in [-0.2, 0) is 5.41 Å². The van der Waals surface area contributed by atoms with Gasteiger partial charge in [-0.25, -0.2) is 0 Å². The number of nitrogens with two attached hydrogens (primary N) is 1. The molecule has 4 N–H and O–H groups in total. The molecule has 0 atom stereocenters. The van der Waals surface area contributed by atoms with Gasteiger partial charge in [0.15, 0.2) is 0 Å². The summed E-state index contributed by atoms with van der Waals surface area (Å²) in [6.07, 6.45) is 3.66. The van der Waals surface area contributed by atoms with Crippen LogP contribution < -0.4 is 11.1 Å². The van der Waals surface area contributed by atoms with Crippen molar-refractivity contribution in [1.29, 1.82) is 0 Å². The summed E-state index contributed by atoms with van der Waals surface area (Å²) in [5.74, 6) is -0.197. The molecule has 0 bridgehead atoms. The summed E-state index contributed by atoms with van der Waals surface area (Å²) < 4.78 is 0. The van der Waals surface area contributed by atoms with E-state index in [0.29, 0.717) is 17.9 Å². The van der Waals surface area contributed by atoms with Crippen molar-refractivity contribution < 1.29 is 4.79 Å². The summed E-state index contributed by atoms with van der Waals surface area (Å²) in [5.41, 5.74) is 7.75. The lowest BCUT2D eigenvalue weighted by atomic mass is 9.96. The van der Waals surface area contributed by atoms with Crippen LogP contribution in [0.2, 0.25) is 0 Å². The number of amides is 1. The maximum Gasteiger partial charge on any atom is 0.271 e. The molecule has 0 unspecified atom stereocenters. The molecule has 0 radical (unpaired) electrons. The van der Waals surface area contributed by atoms with E-state index in [0.717, 1.165) is 12.8 Å². The zero-order chi connectivity index (χ0) is 13.3. The number of H-pyrrole nitrogens is 1. The number of aromatic amines is 1. The minimum absolute atomic E-state index is 0.103. The molecule has 2 aromatic rings. The van der Waals surface area contributed by atoms with Crippen molar-refractivity contribution in [3.63, 3.8) is 0 Å². The maximum atomic E-state index is 12.0. The molecule has 1 heterocycles. The number of nitrogens with one attached hydrogen (secondary N) is 2. The Labute approximate surface area is 111 Å². The molecule has 1 amide bonds. The van der Waals surface area contributed by atoms with Gasteiger partial charge in [-0.05, 0) is 18.4 Å². The highest BCUT2D eigenvalue weighted by atomic mass is 16.1. The van der Waals surface area contributed by atoms with Crippen LogP contribution in [0.5, 0.6) is 0 Å². The second-order valence-electron chi connectivity index (χ2n) is 5.03. The number of benzene rings is 1. The number of nitrogens with zero attached hydrogens (tertiary/aromatic N) is 1. The lowest BCUT2D eigenvalue weighted by Crippen LogP contribution is -2.32. The summed E-state index contributed by atoms with van der Waals surface area (Å²) in [6.45, 7) is 0.633. The molecule has 1 aromatic carbocycles. The molecule has 5 nitrogen and oxygen atoms in total. The van der Waals surface area contributed by atoms with Gasteiger partial charge in [-0.15, -0.1) is 0 Å². The second kappa shape index (κ2) is 4.42. The van der Waals surface area contributed by atoms with Crippen molar-refractivity contribution in [2.45, 2.75) is 18.3 Å². The summed E-state index contributed by atoms with van der Waals surface area (Å²) >= 11 is 0. The van der Waals surface area contributed by atoms with Crippen molar-refractivity contribution in [2.75, 3.05) is 12.3 Å². The van der Waals surface area contributed by atoms with Crippen LogP contribution in [0.3, 0.4) is 0 Å². The van der Waals surface area contributed by atoms with Gasteiger partial charge in [0.2, 0.25) is 0 Å². The fourth-order valence-electron chi connectivity index (χ4n) is 2.33. The topological polar surface area (TPSA) is 83.8 Å². The Hall–Kier alpha value is -2.30. The number of anilines is 1. The van der Waals surface area contributed by atoms with Crippen molar-refractivity contribution in [1.82, 2.24) is 15.5 Å². The summed E-state index contributed by atoms with van der Waals surface area (Å²) in [4.78, 5) is 12.0. The second-order valence-corrected chi connectivity index (χ2v) is 5.03. The van der Waals surface area contributed by atoms with Crippen LogP contribution >= 0.6 is 0 Å². The van der Waals surface area contributed by atoms with Crippen LogP contribution in [0.1, 0.15) is 28.9 Å². The molecule has 5 heteroatoms. The quantitative estimate of drug-likeness (QED) is 0.774. The predicted octanol–water partition coefficient (Wildman–Crippen LogP) is 1.45.